The number of aromatic nitrogens is 2. The number of Topliss-reactive ketones (excluding diaryl/α,β-unsaturated/α-hetero) is 1. The van der Waals surface area contributed by atoms with Crippen molar-refractivity contribution in [3.05, 3.63) is 84.4 Å². The fourth-order valence-electron chi connectivity index (χ4n) is 2.55. The summed E-state index contributed by atoms with van der Waals surface area (Å²) >= 11 is 18.4. The molecule has 3 rings (SSSR count). The van der Waals surface area contributed by atoms with E-state index in [1.807, 2.05) is 36.4 Å². The summed E-state index contributed by atoms with van der Waals surface area (Å²) in [5.41, 5.74) is 1.44. The Balaban J connectivity index is 2.06. The van der Waals surface area contributed by atoms with Gasteiger partial charge in [-0.1, -0.05) is 83.3 Å². The number of rotatable bonds is 4. The van der Waals surface area contributed by atoms with E-state index < -0.39 is 9.71 Å². The van der Waals surface area contributed by atoms with Gasteiger partial charge >= 0.3 is 0 Å². The SMILES string of the molecule is O=C(c1nccn1-c1ccccc1)[C@@H](c1ccccc1)C(Cl)(Cl)Cl. The van der Waals surface area contributed by atoms with Crippen LogP contribution in [0.25, 0.3) is 5.69 Å². The first-order valence-corrected chi connectivity index (χ1v) is 8.36. The Bertz CT molecular complexity index is 826. The molecule has 2 aromatic carbocycles. The molecule has 0 spiro atoms. The number of benzene rings is 2. The number of hydrogen-bond acceptors (Lipinski definition) is 2. The number of carbonyl (C=O) groups is 1. The van der Waals surface area contributed by atoms with Crippen LogP contribution in [0, 0.1) is 0 Å². The molecule has 0 aliphatic heterocycles. The minimum Gasteiger partial charge on any atom is -0.297 e. The van der Waals surface area contributed by atoms with Crippen molar-refractivity contribution in [2.24, 2.45) is 0 Å². The number of halogens is 3. The molecule has 0 radical (unpaired) electrons. The van der Waals surface area contributed by atoms with Crippen molar-refractivity contribution in [2.75, 3.05) is 0 Å². The average molecular weight is 380 g/mol. The quantitative estimate of drug-likeness (QED) is 0.461. The van der Waals surface area contributed by atoms with Gasteiger partial charge in [-0.25, -0.2) is 4.98 Å². The van der Waals surface area contributed by atoms with Crippen molar-refractivity contribution >= 4 is 40.6 Å². The number of imidazole rings is 1. The molecule has 0 bridgehead atoms. The lowest BCUT2D eigenvalue weighted by atomic mass is 9.95. The van der Waals surface area contributed by atoms with Crippen LogP contribution in [0.5, 0.6) is 0 Å². The van der Waals surface area contributed by atoms with Gasteiger partial charge in [0.2, 0.25) is 9.58 Å². The Morgan fingerprint density at radius 2 is 1.54 bits per heavy atom. The molecular weight excluding hydrogens is 367 g/mol. The zero-order chi connectivity index (χ0) is 17.2. The molecule has 0 aliphatic carbocycles. The summed E-state index contributed by atoms with van der Waals surface area (Å²) in [7, 11) is 0. The molecule has 122 valence electrons. The van der Waals surface area contributed by atoms with E-state index in [2.05, 4.69) is 4.98 Å². The molecular formula is C18H13Cl3N2O. The van der Waals surface area contributed by atoms with Crippen molar-refractivity contribution in [3.63, 3.8) is 0 Å². The number of ketones is 1. The van der Waals surface area contributed by atoms with Gasteiger partial charge in [0.15, 0.2) is 5.82 Å². The smallest absolute Gasteiger partial charge is 0.210 e. The van der Waals surface area contributed by atoms with Crippen LogP contribution in [0.15, 0.2) is 73.1 Å². The summed E-state index contributed by atoms with van der Waals surface area (Å²) in [6.45, 7) is 0. The number of carbonyl (C=O) groups excluding carboxylic acids is 1. The topological polar surface area (TPSA) is 34.9 Å². The van der Waals surface area contributed by atoms with Crippen molar-refractivity contribution < 1.29 is 4.79 Å². The molecule has 0 N–H and O–H groups in total. The average Bonchev–Trinajstić information content (AvgIpc) is 3.05. The highest BCUT2D eigenvalue weighted by molar-refractivity contribution is 6.69. The van der Waals surface area contributed by atoms with E-state index in [0.717, 1.165) is 5.69 Å². The van der Waals surface area contributed by atoms with Crippen LogP contribution in [0.2, 0.25) is 0 Å². The van der Waals surface area contributed by atoms with E-state index in [-0.39, 0.29) is 11.6 Å². The molecule has 0 saturated heterocycles. The molecule has 0 aliphatic rings. The molecule has 0 amide bonds. The van der Waals surface area contributed by atoms with Crippen molar-refractivity contribution in [2.45, 2.75) is 9.71 Å². The first kappa shape index (κ1) is 17.0. The highest BCUT2D eigenvalue weighted by atomic mass is 35.6. The van der Waals surface area contributed by atoms with Crippen molar-refractivity contribution in [3.8, 4) is 5.69 Å². The highest BCUT2D eigenvalue weighted by Gasteiger charge is 2.41. The molecule has 0 fully saturated rings. The van der Waals surface area contributed by atoms with Gasteiger partial charge in [0, 0.05) is 18.1 Å². The van der Waals surface area contributed by atoms with Gasteiger partial charge in [0.1, 0.15) is 0 Å². The second kappa shape index (κ2) is 6.98. The molecule has 24 heavy (non-hydrogen) atoms. The Hall–Kier alpha value is -1.81. The van der Waals surface area contributed by atoms with Crippen LogP contribution in [0.1, 0.15) is 22.1 Å². The molecule has 1 aromatic heterocycles. The molecule has 1 heterocycles. The minimum atomic E-state index is -1.79. The fraction of sp³-hybridized carbons (Fsp3) is 0.111. The Morgan fingerprint density at radius 3 is 2.12 bits per heavy atom. The molecule has 0 saturated carbocycles. The van der Waals surface area contributed by atoms with Gasteiger partial charge in [-0.15, -0.1) is 0 Å². The predicted octanol–water partition coefficient (Wildman–Crippen LogP) is 5.21. The molecule has 6 heteroatoms. The summed E-state index contributed by atoms with van der Waals surface area (Å²) in [5.74, 6) is -1.08. The summed E-state index contributed by atoms with van der Waals surface area (Å²) in [6.07, 6.45) is 3.27. The molecule has 3 aromatic rings. The summed E-state index contributed by atoms with van der Waals surface area (Å²) in [6, 6.07) is 18.4. The normalized spacial score (nSPS) is 12.8. The van der Waals surface area contributed by atoms with Crippen LogP contribution in [0.3, 0.4) is 0 Å². The van der Waals surface area contributed by atoms with Crippen LogP contribution >= 0.6 is 34.8 Å². The lowest BCUT2D eigenvalue weighted by Gasteiger charge is -2.23. The second-order valence-corrected chi connectivity index (χ2v) is 7.57. The lowest BCUT2D eigenvalue weighted by molar-refractivity contribution is 0.0948. The van der Waals surface area contributed by atoms with Gasteiger partial charge < -0.3 is 0 Å². The first-order valence-electron chi connectivity index (χ1n) is 7.23. The van der Waals surface area contributed by atoms with E-state index in [9.17, 15) is 4.79 Å². The van der Waals surface area contributed by atoms with E-state index >= 15 is 0 Å². The maximum atomic E-state index is 13.1. The van der Waals surface area contributed by atoms with Crippen LogP contribution < -0.4 is 0 Å². The summed E-state index contributed by atoms with van der Waals surface area (Å²) in [5, 5.41) is 0. The summed E-state index contributed by atoms with van der Waals surface area (Å²) < 4.78 is -0.0966. The predicted molar refractivity (Wildman–Crippen MR) is 97.4 cm³/mol. The molecule has 3 nitrogen and oxygen atoms in total. The number of hydrogen-bond donors (Lipinski definition) is 0. The van der Waals surface area contributed by atoms with E-state index in [0.29, 0.717) is 5.56 Å². The first-order chi connectivity index (χ1) is 11.5. The largest absolute Gasteiger partial charge is 0.297 e. The third kappa shape index (κ3) is 3.48. The third-order valence-corrected chi connectivity index (χ3v) is 4.27. The van der Waals surface area contributed by atoms with E-state index in [1.54, 1.807) is 41.2 Å². The number of alkyl halides is 3. The monoisotopic (exact) mass is 378 g/mol. The Kier molecular flexibility index (Phi) is 4.95. The van der Waals surface area contributed by atoms with E-state index in [1.165, 1.54) is 0 Å². The zero-order valence-electron chi connectivity index (χ0n) is 12.4. The molecule has 0 unspecified atom stereocenters. The second-order valence-electron chi connectivity index (χ2n) is 5.21. The Morgan fingerprint density at radius 1 is 0.958 bits per heavy atom. The zero-order valence-corrected chi connectivity index (χ0v) is 14.7. The van der Waals surface area contributed by atoms with E-state index in [4.69, 9.17) is 34.8 Å². The lowest BCUT2D eigenvalue weighted by Crippen LogP contribution is -2.28. The number of nitrogens with zero attached hydrogens (tertiary/aromatic N) is 2. The van der Waals surface area contributed by atoms with Gasteiger partial charge in [0.25, 0.3) is 0 Å². The van der Waals surface area contributed by atoms with Crippen LogP contribution in [-0.2, 0) is 0 Å². The maximum absolute atomic E-state index is 13.1. The van der Waals surface area contributed by atoms with Gasteiger partial charge in [-0.3, -0.25) is 9.36 Å². The highest BCUT2D eigenvalue weighted by Crippen LogP contribution is 2.43. The molecule has 1 atom stereocenters. The standard InChI is InChI=1S/C18H13Cl3N2O/c19-18(20,21)15(13-7-3-1-4-8-13)16(24)17-22-11-12-23(17)14-9-5-2-6-10-14/h1-12,15H/t15-/m1/s1. The van der Waals surface area contributed by atoms with Gasteiger partial charge in [-0.2, -0.15) is 0 Å². The summed E-state index contributed by atoms with van der Waals surface area (Å²) in [4.78, 5) is 17.3. The third-order valence-electron chi connectivity index (χ3n) is 3.62. The van der Waals surface area contributed by atoms with Gasteiger partial charge in [0.05, 0.1) is 5.92 Å². The van der Waals surface area contributed by atoms with Crippen LogP contribution in [-0.4, -0.2) is 19.1 Å². The van der Waals surface area contributed by atoms with Gasteiger partial charge in [-0.05, 0) is 17.7 Å². The van der Waals surface area contributed by atoms with Crippen molar-refractivity contribution in [1.29, 1.82) is 0 Å². The maximum Gasteiger partial charge on any atom is 0.210 e. The minimum absolute atomic E-state index is 0.223. The fourth-order valence-corrected chi connectivity index (χ4v) is 3.22. The van der Waals surface area contributed by atoms with Crippen LogP contribution in [0.4, 0.5) is 0 Å². The Labute approximate surface area is 154 Å². The number of para-hydroxylation sites is 1. The van der Waals surface area contributed by atoms with Crippen molar-refractivity contribution in [1.82, 2.24) is 9.55 Å².